The van der Waals surface area contributed by atoms with Crippen LogP contribution in [0.3, 0.4) is 0 Å². The molecule has 0 aromatic carbocycles. The van der Waals surface area contributed by atoms with Gasteiger partial charge in [0.1, 0.15) is 0 Å². The third-order valence-corrected chi connectivity index (χ3v) is 22.9. The first-order valence-electron chi connectivity index (χ1n) is 6.78. The molecule has 0 saturated carbocycles. The lowest BCUT2D eigenvalue weighted by molar-refractivity contribution is 1.62. The summed E-state index contributed by atoms with van der Waals surface area (Å²) in [7, 11) is -3.95. The second-order valence-corrected chi connectivity index (χ2v) is 32.9. The zero-order valence-electron chi connectivity index (χ0n) is 13.2. The molecule has 1 aliphatic rings. The highest BCUT2D eigenvalue weighted by Crippen LogP contribution is 2.36. The van der Waals surface area contributed by atoms with Crippen LogP contribution in [0.5, 0.6) is 0 Å². The van der Waals surface area contributed by atoms with Crippen molar-refractivity contribution >= 4 is 32.1 Å². The Kier molecular flexibility index (Phi) is 4.05. The van der Waals surface area contributed by atoms with E-state index in [1.54, 1.807) is 0 Å². The molecule has 1 heterocycles. The van der Waals surface area contributed by atoms with Crippen molar-refractivity contribution in [2.75, 3.05) is 0 Å². The molecule has 1 atom stereocenters. The van der Waals surface area contributed by atoms with Crippen molar-refractivity contribution in [2.45, 2.75) is 58.9 Å². The Morgan fingerprint density at radius 1 is 0.765 bits per heavy atom. The molecule has 0 radical (unpaired) electrons. The molecule has 0 bridgehead atoms. The number of allylic oxidation sites excluding steroid dienone is 2. The zero-order valence-corrected chi connectivity index (χ0v) is 17.4. The Hall–Kier alpha value is 0.348. The fourth-order valence-electron chi connectivity index (χ4n) is 2.79. The molecule has 0 aromatic heterocycles. The van der Waals surface area contributed by atoms with Crippen LogP contribution in [0.2, 0.25) is 58.9 Å². The highest BCUT2D eigenvalue weighted by Gasteiger charge is 2.41. The minimum Gasteiger partial charge on any atom is -0.0961 e. The van der Waals surface area contributed by atoms with Crippen LogP contribution in [0.15, 0.2) is 21.8 Å². The summed E-state index contributed by atoms with van der Waals surface area (Å²) in [4.78, 5) is 2.04. The average molecular weight is 299 g/mol. The average Bonchev–Trinajstić information content (AvgIpc) is 2.42. The van der Waals surface area contributed by atoms with Gasteiger partial charge in [0.05, 0.1) is 24.5 Å². The summed E-state index contributed by atoms with van der Waals surface area (Å²) in [6, 6.07) is 0. The minimum absolute atomic E-state index is 0.733. The SMILES string of the molecule is C[Si](C)(C)C1=C([Si](C)(C)C)[SiH]([Si](C)(C)C)C=C1. The summed E-state index contributed by atoms with van der Waals surface area (Å²) in [5, 5.41) is 1.84. The van der Waals surface area contributed by atoms with Gasteiger partial charge in [0, 0.05) is 7.59 Å². The van der Waals surface area contributed by atoms with Crippen LogP contribution < -0.4 is 0 Å². The van der Waals surface area contributed by atoms with Gasteiger partial charge in [0.25, 0.3) is 0 Å². The van der Waals surface area contributed by atoms with Crippen LogP contribution in [0.25, 0.3) is 0 Å². The van der Waals surface area contributed by atoms with Crippen LogP contribution in [0.1, 0.15) is 0 Å². The number of rotatable bonds is 3. The largest absolute Gasteiger partial charge is 0.0961 e. The fourth-order valence-corrected chi connectivity index (χ4v) is 29.1. The lowest BCUT2D eigenvalue weighted by atomic mass is 10.6. The van der Waals surface area contributed by atoms with E-state index >= 15 is 0 Å². The molecular weight excluding hydrogens is 268 g/mol. The van der Waals surface area contributed by atoms with Gasteiger partial charge >= 0.3 is 0 Å². The number of hydrogen-bond acceptors (Lipinski definition) is 0. The maximum Gasteiger partial charge on any atom is 0.0772 e. The van der Waals surface area contributed by atoms with Gasteiger partial charge in [0.2, 0.25) is 0 Å². The van der Waals surface area contributed by atoms with E-state index in [9.17, 15) is 0 Å². The van der Waals surface area contributed by atoms with E-state index in [2.05, 4.69) is 70.7 Å². The first kappa shape index (κ1) is 15.4. The van der Waals surface area contributed by atoms with Gasteiger partial charge < -0.3 is 0 Å². The number of hydrogen-bond donors (Lipinski definition) is 0. The van der Waals surface area contributed by atoms with Crippen molar-refractivity contribution in [2.24, 2.45) is 0 Å². The van der Waals surface area contributed by atoms with Crippen LogP contribution >= 0.6 is 0 Å². The molecule has 0 aliphatic carbocycles. The normalized spacial score (nSPS) is 22.5. The Morgan fingerprint density at radius 2 is 1.24 bits per heavy atom. The first-order valence-corrected chi connectivity index (χ1v) is 20.3. The minimum atomic E-state index is -1.13. The molecule has 17 heavy (non-hydrogen) atoms. The predicted molar refractivity (Wildman–Crippen MR) is 93.4 cm³/mol. The molecular formula is C13H30Si4. The highest BCUT2D eigenvalue weighted by molar-refractivity contribution is 7.40. The van der Waals surface area contributed by atoms with Crippen molar-refractivity contribution < 1.29 is 0 Å². The monoisotopic (exact) mass is 298 g/mol. The van der Waals surface area contributed by atoms with E-state index in [0.717, 1.165) is 0 Å². The summed E-state index contributed by atoms with van der Waals surface area (Å²) in [5.74, 6) is 0. The van der Waals surface area contributed by atoms with E-state index in [1.165, 1.54) is 0 Å². The fraction of sp³-hybridized carbons (Fsp3) is 0.692. The van der Waals surface area contributed by atoms with Crippen molar-refractivity contribution in [1.82, 2.24) is 0 Å². The second-order valence-electron chi connectivity index (χ2n) is 8.53. The summed E-state index contributed by atoms with van der Waals surface area (Å²) in [6.07, 6.45) is 2.56. The molecule has 4 heteroatoms. The van der Waals surface area contributed by atoms with Crippen molar-refractivity contribution in [1.29, 1.82) is 0 Å². The summed E-state index contributed by atoms with van der Waals surface area (Å²) < 4.78 is 0. The molecule has 0 fully saturated rings. The lowest BCUT2D eigenvalue weighted by Gasteiger charge is -2.35. The predicted octanol–water partition coefficient (Wildman–Crippen LogP) is 4.33. The van der Waals surface area contributed by atoms with Crippen molar-refractivity contribution in [3.05, 3.63) is 21.8 Å². The van der Waals surface area contributed by atoms with Crippen LogP contribution in [0, 0.1) is 0 Å². The highest BCUT2D eigenvalue weighted by atomic mass is 29.2. The lowest BCUT2D eigenvalue weighted by Crippen LogP contribution is -2.49. The maximum atomic E-state index is 2.69. The van der Waals surface area contributed by atoms with Crippen molar-refractivity contribution in [3.63, 3.8) is 0 Å². The van der Waals surface area contributed by atoms with Crippen LogP contribution in [-0.2, 0) is 0 Å². The van der Waals surface area contributed by atoms with Crippen LogP contribution in [-0.4, -0.2) is 32.1 Å². The van der Waals surface area contributed by atoms with E-state index in [4.69, 9.17) is 0 Å². The molecule has 0 N–H and O–H groups in total. The topological polar surface area (TPSA) is 0 Å². The molecule has 0 spiro atoms. The molecule has 0 saturated heterocycles. The molecule has 1 aliphatic heterocycles. The van der Waals surface area contributed by atoms with E-state index in [1.807, 2.05) is 10.0 Å². The molecule has 98 valence electrons. The Bertz CT molecular complexity index is 358. The molecule has 0 nitrogen and oxygen atoms in total. The van der Waals surface area contributed by atoms with E-state index < -0.39 is 32.1 Å². The van der Waals surface area contributed by atoms with Gasteiger partial charge in [-0.15, -0.1) is 0 Å². The first-order chi connectivity index (χ1) is 7.35. The molecule has 1 unspecified atom stereocenters. The maximum absolute atomic E-state index is 2.69. The quantitative estimate of drug-likeness (QED) is 0.680. The Labute approximate surface area is 113 Å². The molecule has 0 amide bonds. The van der Waals surface area contributed by atoms with Crippen LogP contribution in [0.4, 0.5) is 0 Å². The van der Waals surface area contributed by atoms with E-state index in [0.29, 0.717) is 0 Å². The van der Waals surface area contributed by atoms with Gasteiger partial charge in [-0.25, -0.2) is 0 Å². The van der Waals surface area contributed by atoms with Crippen molar-refractivity contribution in [3.8, 4) is 0 Å². The summed E-state index contributed by atoms with van der Waals surface area (Å²) in [5.41, 5.74) is 2.69. The second kappa shape index (κ2) is 4.47. The van der Waals surface area contributed by atoms with Gasteiger partial charge in [-0.05, 0) is 0 Å². The standard InChI is InChI=1S/C13H30Si4/c1-15(2,3)12-10-11-14(17(7,8)9)13(12)16(4,5)6/h10-11,14H,1-9H3. The zero-order chi connectivity index (χ0) is 13.6. The van der Waals surface area contributed by atoms with Gasteiger partial charge in [-0.2, -0.15) is 0 Å². The summed E-state index contributed by atoms with van der Waals surface area (Å²) in [6.45, 7) is 23.0. The Morgan fingerprint density at radius 3 is 1.53 bits per heavy atom. The van der Waals surface area contributed by atoms with Gasteiger partial charge in [-0.3, -0.25) is 0 Å². The Balaban J connectivity index is 3.36. The van der Waals surface area contributed by atoms with Gasteiger partial charge in [0.15, 0.2) is 0 Å². The summed E-state index contributed by atoms with van der Waals surface area (Å²) >= 11 is 0. The third-order valence-electron chi connectivity index (χ3n) is 3.61. The smallest absolute Gasteiger partial charge is 0.0772 e. The van der Waals surface area contributed by atoms with E-state index in [-0.39, 0.29) is 0 Å². The molecule has 1 rings (SSSR count). The molecule has 0 aromatic rings. The third kappa shape index (κ3) is 3.42. The van der Waals surface area contributed by atoms with Gasteiger partial charge in [-0.1, -0.05) is 80.7 Å².